The molecule has 6 aromatic heterocycles. The van der Waals surface area contributed by atoms with Crippen LogP contribution < -0.4 is 9.05 Å². The molecule has 0 bridgehead atoms. The highest BCUT2D eigenvalue weighted by Crippen LogP contribution is 2.38. The second-order valence-corrected chi connectivity index (χ2v) is 16.1. The number of benzene rings is 5. The fraction of sp³-hybridized carbons (Fsp3) is 0. The Bertz CT molecular complexity index is 3460. The SMILES string of the molecule is O=[PH](O)Oc1cc(-c2ccc3ccc4cccnc4c3n2)cc(-c2ccc3ccc4ccc(-c5cc(O[PH](=O)O)cc(-c6ccc7ccc8cccnc8c7n6)c5)nc4c3n2)c1. The zero-order chi connectivity index (χ0) is 41.9. The maximum atomic E-state index is 12.0. The van der Waals surface area contributed by atoms with Gasteiger partial charge in [0.15, 0.2) is 0 Å². The largest absolute Gasteiger partial charge is 0.426 e. The Morgan fingerprint density at radius 3 is 0.935 bits per heavy atom. The lowest BCUT2D eigenvalue weighted by Gasteiger charge is -2.13. The van der Waals surface area contributed by atoms with E-state index in [0.29, 0.717) is 56.1 Å². The molecule has 0 amide bonds. The van der Waals surface area contributed by atoms with Crippen LogP contribution in [0.3, 0.4) is 0 Å². The van der Waals surface area contributed by atoms with Crippen LogP contribution in [0, 0.1) is 0 Å². The van der Waals surface area contributed by atoms with E-state index < -0.39 is 16.5 Å². The molecule has 0 aliphatic rings. The summed E-state index contributed by atoms with van der Waals surface area (Å²) in [6.07, 6.45) is 3.48. The molecule has 0 aliphatic carbocycles. The quantitative estimate of drug-likeness (QED) is 0.110. The van der Waals surface area contributed by atoms with Crippen LogP contribution >= 0.6 is 16.5 Å². The summed E-state index contributed by atoms with van der Waals surface area (Å²) in [7, 11) is -6.69. The summed E-state index contributed by atoms with van der Waals surface area (Å²) in [5, 5.41) is 5.46. The van der Waals surface area contributed by atoms with Crippen LogP contribution in [0.25, 0.3) is 110 Å². The van der Waals surface area contributed by atoms with Crippen LogP contribution in [0.5, 0.6) is 11.5 Å². The monoisotopic (exact) mass is 848 g/mol. The number of nitrogens with zero attached hydrogens (tertiary/aromatic N) is 6. The van der Waals surface area contributed by atoms with E-state index in [1.54, 1.807) is 36.7 Å². The molecular formula is C48H30N6O6P2. The molecule has 11 rings (SSSR count). The maximum Gasteiger partial charge on any atom is 0.365 e. The average Bonchev–Trinajstić information content (AvgIpc) is 3.30. The van der Waals surface area contributed by atoms with Crippen molar-refractivity contribution >= 4 is 81.9 Å². The Kier molecular flexibility index (Phi) is 9.21. The van der Waals surface area contributed by atoms with Gasteiger partial charge in [-0.3, -0.25) is 9.97 Å². The Morgan fingerprint density at radius 1 is 0.355 bits per heavy atom. The first-order chi connectivity index (χ1) is 30.3. The molecule has 62 heavy (non-hydrogen) atoms. The zero-order valence-electron chi connectivity index (χ0n) is 32.2. The van der Waals surface area contributed by atoms with Gasteiger partial charge in [0.2, 0.25) is 0 Å². The number of hydrogen-bond donors (Lipinski definition) is 2. The predicted octanol–water partition coefficient (Wildman–Crippen LogP) is 11.2. The van der Waals surface area contributed by atoms with Crippen LogP contribution in [0.1, 0.15) is 0 Å². The molecule has 14 heteroatoms. The second kappa shape index (κ2) is 15.2. The van der Waals surface area contributed by atoms with Gasteiger partial charge in [0.1, 0.15) is 11.5 Å². The predicted molar refractivity (Wildman–Crippen MR) is 244 cm³/mol. The Labute approximate surface area is 353 Å². The Morgan fingerprint density at radius 2 is 0.629 bits per heavy atom. The summed E-state index contributed by atoms with van der Waals surface area (Å²) in [6, 6.07) is 45.7. The molecule has 0 spiro atoms. The molecule has 0 saturated carbocycles. The van der Waals surface area contributed by atoms with E-state index >= 15 is 0 Å². The highest BCUT2D eigenvalue weighted by atomic mass is 31.1. The Balaban J connectivity index is 1.04. The van der Waals surface area contributed by atoms with Crippen molar-refractivity contribution < 1.29 is 28.0 Å². The lowest BCUT2D eigenvalue weighted by Crippen LogP contribution is -1.94. The van der Waals surface area contributed by atoms with Crippen molar-refractivity contribution in [3.63, 3.8) is 0 Å². The van der Waals surface area contributed by atoms with Gasteiger partial charge in [-0.2, -0.15) is 0 Å². The molecule has 298 valence electrons. The molecular weight excluding hydrogens is 819 g/mol. The molecule has 12 nitrogen and oxygen atoms in total. The van der Waals surface area contributed by atoms with E-state index in [4.69, 9.17) is 29.0 Å². The van der Waals surface area contributed by atoms with Gasteiger partial charge in [-0.15, -0.1) is 0 Å². The van der Waals surface area contributed by atoms with Crippen LogP contribution in [0.4, 0.5) is 0 Å². The number of hydrogen-bond acceptors (Lipinski definition) is 10. The first-order valence-corrected chi connectivity index (χ1v) is 22.0. The molecule has 0 saturated heterocycles. The van der Waals surface area contributed by atoms with E-state index in [0.717, 1.165) is 54.4 Å². The minimum atomic E-state index is -3.34. The topological polar surface area (TPSA) is 170 Å². The van der Waals surface area contributed by atoms with Gasteiger partial charge in [0.05, 0.1) is 55.9 Å². The van der Waals surface area contributed by atoms with E-state index in [9.17, 15) is 18.9 Å². The summed E-state index contributed by atoms with van der Waals surface area (Å²) in [6.45, 7) is 0. The smallest absolute Gasteiger partial charge is 0.365 e. The highest BCUT2D eigenvalue weighted by Gasteiger charge is 2.16. The molecule has 5 aromatic carbocycles. The molecule has 0 aliphatic heterocycles. The van der Waals surface area contributed by atoms with Crippen molar-refractivity contribution in [2.75, 3.05) is 0 Å². The van der Waals surface area contributed by atoms with Crippen LogP contribution in [0.15, 0.2) is 158 Å². The fourth-order valence-corrected chi connectivity index (χ4v) is 8.61. The van der Waals surface area contributed by atoms with Gasteiger partial charge >= 0.3 is 16.5 Å². The van der Waals surface area contributed by atoms with E-state index in [2.05, 4.69) is 9.97 Å². The fourth-order valence-electron chi connectivity index (χ4n) is 7.97. The third-order valence-electron chi connectivity index (χ3n) is 10.8. The van der Waals surface area contributed by atoms with E-state index in [1.165, 1.54) is 0 Å². The number of pyridine rings is 6. The molecule has 0 fully saturated rings. The molecule has 2 unspecified atom stereocenters. The Hall–Kier alpha value is -7.46. The lowest BCUT2D eigenvalue weighted by molar-refractivity contribution is 0.409. The van der Waals surface area contributed by atoms with Crippen LogP contribution in [-0.4, -0.2) is 39.7 Å². The summed E-state index contributed by atoms with van der Waals surface area (Å²) < 4.78 is 34.8. The van der Waals surface area contributed by atoms with Crippen molar-refractivity contribution in [2.45, 2.75) is 0 Å². The van der Waals surface area contributed by atoms with Gasteiger partial charge in [-0.1, -0.05) is 72.8 Å². The van der Waals surface area contributed by atoms with Crippen LogP contribution in [0.2, 0.25) is 0 Å². The zero-order valence-corrected chi connectivity index (χ0v) is 34.2. The summed E-state index contributed by atoms with van der Waals surface area (Å²) in [5.74, 6) is 0.381. The third-order valence-corrected chi connectivity index (χ3v) is 11.6. The normalized spacial score (nSPS) is 12.7. The summed E-state index contributed by atoms with van der Waals surface area (Å²) >= 11 is 0. The minimum Gasteiger partial charge on any atom is -0.426 e. The van der Waals surface area contributed by atoms with Crippen molar-refractivity contribution in [1.82, 2.24) is 29.9 Å². The van der Waals surface area contributed by atoms with E-state index in [-0.39, 0.29) is 11.5 Å². The van der Waals surface area contributed by atoms with E-state index in [1.807, 2.05) is 121 Å². The van der Waals surface area contributed by atoms with Gasteiger partial charge in [-0.05, 0) is 72.8 Å². The van der Waals surface area contributed by atoms with Crippen molar-refractivity contribution in [1.29, 1.82) is 0 Å². The van der Waals surface area contributed by atoms with Gasteiger partial charge in [0, 0.05) is 67.0 Å². The van der Waals surface area contributed by atoms with Crippen molar-refractivity contribution in [3.05, 3.63) is 158 Å². The first-order valence-electron chi connectivity index (χ1n) is 19.4. The molecule has 2 atom stereocenters. The highest BCUT2D eigenvalue weighted by molar-refractivity contribution is 7.32. The number of rotatable bonds is 8. The van der Waals surface area contributed by atoms with Gasteiger partial charge in [0.25, 0.3) is 0 Å². The lowest BCUT2D eigenvalue weighted by atomic mass is 10.0. The van der Waals surface area contributed by atoms with Gasteiger partial charge < -0.3 is 18.8 Å². The summed E-state index contributed by atoms with van der Waals surface area (Å²) in [4.78, 5) is 49.1. The van der Waals surface area contributed by atoms with Crippen LogP contribution in [-0.2, 0) is 9.13 Å². The maximum absolute atomic E-state index is 12.0. The molecule has 2 N–H and O–H groups in total. The third kappa shape index (κ3) is 6.97. The van der Waals surface area contributed by atoms with Crippen molar-refractivity contribution in [2.24, 2.45) is 0 Å². The number of aromatic nitrogens is 6. The second-order valence-electron chi connectivity index (χ2n) is 14.6. The average molecular weight is 849 g/mol. The minimum absolute atomic E-state index is 0.191. The van der Waals surface area contributed by atoms with Gasteiger partial charge in [-0.25, -0.2) is 29.1 Å². The first kappa shape index (κ1) is 37.5. The molecule has 11 aromatic rings. The standard InChI is InChI=1S/C48H30N6O6P2/c55-61(56)59-37-23-33(39-15-11-29-7-5-27-3-1-19-49-43(27)45(29)51-39)21-35(25-37)41-17-13-31-9-10-32-14-18-42(54-48(32)47(31)53-41)36-22-34(24-38(26-36)60-62(57)58)40-16-12-30-8-6-28-4-2-20-50-44(28)46(30)52-40/h1-26,61-62H,(H,55,56)(H,57,58). The number of fused-ring (bicyclic) bond motifs is 9. The molecule has 6 heterocycles. The summed E-state index contributed by atoms with van der Waals surface area (Å²) in [5.41, 5.74) is 9.22. The van der Waals surface area contributed by atoms with Crippen molar-refractivity contribution in [3.8, 4) is 56.5 Å². The molecule has 0 radical (unpaired) electrons.